The predicted octanol–water partition coefficient (Wildman–Crippen LogP) is 1.61. The van der Waals surface area contributed by atoms with Crippen LogP contribution >= 0.6 is 0 Å². The van der Waals surface area contributed by atoms with Gasteiger partial charge in [0, 0.05) is 44.1 Å². The number of nitrogens with one attached hydrogen (secondary N) is 1. The van der Waals surface area contributed by atoms with Crippen molar-refractivity contribution >= 4 is 17.5 Å². The molecular formula is C18H22N4O2. The van der Waals surface area contributed by atoms with E-state index in [4.69, 9.17) is 0 Å². The van der Waals surface area contributed by atoms with Gasteiger partial charge in [0.2, 0.25) is 11.8 Å². The van der Waals surface area contributed by atoms with Gasteiger partial charge in [0.05, 0.1) is 12.2 Å². The summed E-state index contributed by atoms with van der Waals surface area (Å²) in [6.07, 6.45) is 6.52. The summed E-state index contributed by atoms with van der Waals surface area (Å²) in [5.41, 5.74) is 2.10. The molecule has 2 amide bonds. The Bertz CT molecular complexity index is 694. The molecule has 0 saturated carbocycles. The smallest absolute Gasteiger partial charge is 0.227 e. The standard InChI is InChI=1S/C18H22N4O2/c1-2-14-3-5-16(6-4-14)22-12-15(11-17(22)23)18(24)20-8-10-21-9-7-19-13-21/h3-7,9,13,15H,2,8,10-12H2,1H3,(H,20,24)/t15-/m1/s1. The van der Waals surface area contributed by atoms with Crippen LogP contribution < -0.4 is 10.2 Å². The van der Waals surface area contributed by atoms with Crippen LogP contribution in [0.25, 0.3) is 0 Å². The van der Waals surface area contributed by atoms with E-state index < -0.39 is 0 Å². The van der Waals surface area contributed by atoms with Crippen LogP contribution in [0, 0.1) is 5.92 Å². The van der Waals surface area contributed by atoms with Crippen LogP contribution in [0.15, 0.2) is 43.0 Å². The quantitative estimate of drug-likeness (QED) is 0.877. The lowest BCUT2D eigenvalue weighted by Gasteiger charge is -2.17. The number of amides is 2. The fraction of sp³-hybridized carbons (Fsp3) is 0.389. The van der Waals surface area contributed by atoms with Gasteiger partial charge in [-0.15, -0.1) is 0 Å². The molecule has 1 fully saturated rings. The number of benzene rings is 1. The summed E-state index contributed by atoms with van der Waals surface area (Å²) in [4.78, 5) is 30.2. The number of hydrogen-bond acceptors (Lipinski definition) is 3. The predicted molar refractivity (Wildman–Crippen MR) is 91.5 cm³/mol. The van der Waals surface area contributed by atoms with Crippen molar-refractivity contribution in [3.05, 3.63) is 48.5 Å². The highest BCUT2D eigenvalue weighted by molar-refractivity contribution is 6.00. The van der Waals surface area contributed by atoms with Crippen molar-refractivity contribution in [3.8, 4) is 0 Å². The average molecular weight is 326 g/mol. The molecule has 2 aromatic rings. The van der Waals surface area contributed by atoms with Crippen LogP contribution in [0.4, 0.5) is 5.69 Å². The third-order valence-corrected chi connectivity index (χ3v) is 4.38. The van der Waals surface area contributed by atoms with Gasteiger partial charge in [-0.2, -0.15) is 0 Å². The molecule has 1 aromatic heterocycles. The van der Waals surface area contributed by atoms with Crippen molar-refractivity contribution in [3.63, 3.8) is 0 Å². The molecule has 24 heavy (non-hydrogen) atoms. The van der Waals surface area contributed by atoms with Crippen LogP contribution in [0.3, 0.4) is 0 Å². The van der Waals surface area contributed by atoms with E-state index >= 15 is 0 Å². The minimum atomic E-state index is -0.286. The third-order valence-electron chi connectivity index (χ3n) is 4.38. The zero-order valence-electron chi connectivity index (χ0n) is 13.8. The first-order valence-electron chi connectivity index (χ1n) is 8.30. The summed E-state index contributed by atoms with van der Waals surface area (Å²) in [6.45, 7) is 3.75. The van der Waals surface area contributed by atoms with Crippen molar-refractivity contribution < 1.29 is 9.59 Å². The highest BCUT2D eigenvalue weighted by Gasteiger charge is 2.34. The van der Waals surface area contributed by atoms with Gasteiger partial charge in [0.25, 0.3) is 0 Å². The van der Waals surface area contributed by atoms with Gasteiger partial charge in [0.15, 0.2) is 0 Å². The topological polar surface area (TPSA) is 67.2 Å². The number of anilines is 1. The SMILES string of the molecule is CCc1ccc(N2C[C@H](C(=O)NCCn3ccnc3)CC2=O)cc1. The maximum Gasteiger partial charge on any atom is 0.227 e. The Morgan fingerprint density at radius 2 is 2.12 bits per heavy atom. The first-order chi connectivity index (χ1) is 11.7. The molecule has 0 spiro atoms. The van der Waals surface area contributed by atoms with Crippen LogP contribution in [0.1, 0.15) is 18.9 Å². The molecule has 0 aliphatic carbocycles. The van der Waals surface area contributed by atoms with Gasteiger partial charge >= 0.3 is 0 Å². The van der Waals surface area contributed by atoms with Crippen molar-refractivity contribution in [1.82, 2.24) is 14.9 Å². The maximum absolute atomic E-state index is 12.3. The molecular weight excluding hydrogens is 304 g/mol. The second-order valence-electron chi connectivity index (χ2n) is 6.02. The summed E-state index contributed by atoms with van der Waals surface area (Å²) in [5, 5.41) is 2.91. The number of rotatable bonds is 6. The summed E-state index contributed by atoms with van der Waals surface area (Å²) in [5.74, 6) is -0.337. The maximum atomic E-state index is 12.3. The van der Waals surface area contributed by atoms with Gasteiger partial charge in [-0.25, -0.2) is 4.98 Å². The van der Waals surface area contributed by atoms with Crippen molar-refractivity contribution in [2.24, 2.45) is 5.92 Å². The highest BCUT2D eigenvalue weighted by Crippen LogP contribution is 2.25. The molecule has 1 N–H and O–H groups in total. The monoisotopic (exact) mass is 326 g/mol. The number of aryl methyl sites for hydroxylation is 1. The average Bonchev–Trinajstić information content (AvgIpc) is 3.24. The molecule has 0 unspecified atom stereocenters. The fourth-order valence-electron chi connectivity index (χ4n) is 2.92. The van der Waals surface area contributed by atoms with E-state index in [9.17, 15) is 9.59 Å². The lowest BCUT2D eigenvalue weighted by molar-refractivity contribution is -0.126. The Morgan fingerprint density at radius 1 is 1.33 bits per heavy atom. The number of carbonyl (C=O) groups excluding carboxylic acids is 2. The number of imidazole rings is 1. The number of hydrogen-bond donors (Lipinski definition) is 1. The van der Waals surface area contributed by atoms with E-state index in [-0.39, 0.29) is 24.2 Å². The fourth-order valence-corrected chi connectivity index (χ4v) is 2.92. The van der Waals surface area contributed by atoms with E-state index in [1.165, 1.54) is 5.56 Å². The first kappa shape index (κ1) is 16.2. The van der Waals surface area contributed by atoms with E-state index in [1.807, 2.05) is 35.0 Å². The second-order valence-corrected chi connectivity index (χ2v) is 6.02. The minimum absolute atomic E-state index is 0.00834. The van der Waals surface area contributed by atoms with Crippen LogP contribution in [0.5, 0.6) is 0 Å². The summed E-state index contributed by atoms with van der Waals surface area (Å²) in [6, 6.07) is 7.97. The molecule has 1 aliphatic heterocycles. The molecule has 6 nitrogen and oxygen atoms in total. The molecule has 1 aromatic carbocycles. The van der Waals surface area contributed by atoms with Crippen molar-refractivity contribution in [2.75, 3.05) is 18.0 Å². The van der Waals surface area contributed by atoms with E-state index in [0.717, 1.165) is 12.1 Å². The molecule has 1 saturated heterocycles. The Balaban J connectivity index is 1.54. The van der Waals surface area contributed by atoms with Gasteiger partial charge in [-0.1, -0.05) is 19.1 Å². The summed E-state index contributed by atoms with van der Waals surface area (Å²) < 4.78 is 1.90. The molecule has 1 atom stereocenters. The zero-order valence-corrected chi connectivity index (χ0v) is 13.8. The van der Waals surface area contributed by atoms with Gasteiger partial charge in [-0.05, 0) is 24.1 Å². The van der Waals surface area contributed by atoms with Crippen LogP contribution in [-0.2, 0) is 22.6 Å². The normalized spacial score (nSPS) is 17.3. The van der Waals surface area contributed by atoms with Gasteiger partial charge in [0.1, 0.15) is 0 Å². The van der Waals surface area contributed by atoms with Gasteiger partial charge in [-0.3, -0.25) is 9.59 Å². The number of nitrogens with zero attached hydrogens (tertiary/aromatic N) is 3. The molecule has 3 rings (SSSR count). The van der Waals surface area contributed by atoms with Crippen LogP contribution in [-0.4, -0.2) is 34.5 Å². The summed E-state index contributed by atoms with van der Waals surface area (Å²) in [7, 11) is 0. The Kier molecular flexibility index (Phi) is 4.93. The highest BCUT2D eigenvalue weighted by atomic mass is 16.2. The zero-order chi connectivity index (χ0) is 16.9. The lowest BCUT2D eigenvalue weighted by Crippen LogP contribution is -2.34. The summed E-state index contributed by atoms with van der Waals surface area (Å²) >= 11 is 0. The van der Waals surface area contributed by atoms with E-state index in [0.29, 0.717) is 19.6 Å². The molecule has 0 radical (unpaired) electrons. The van der Waals surface area contributed by atoms with Crippen LogP contribution in [0.2, 0.25) is 0 Å². The second kappa shape index (κ2) is 7.29. The minimum Gasteiger partial charge on any atom is -0.354 e. The Morgan fingerprint density at radius 3 is 2.79 bits per heavy atom. The Labute approximate surface area is 141 Å². The van der Waals surface area contributed by atoms with Crippen molar-refractivity contribution in [2.45, 2.75) is 26.3 Å². The molecule has 6 heteroatoms. The Hall–Kier alpha value is -2.63. The first-order valence-corrected chi connectivity index (χ1v) is 8.30. The van der Waals surface area contributed by atoms with Crippen molar-refractivity contribution in [1.29, 1.82) is 0 Å². The molecule has 1 aliphatic rings. The van der Waals surface area contributed by atoms with Gasteiger partial charge < -0.3 is 14.8 Å². The lowest BCUT2D eigenvalue weighted by atomic mass is 10.1. The largest absolute Gasteiger partial charge is 0.354 e. The van der Waals surface area contributed by atoms with E-state index in [2.05, 4.69) is 17.2 Å². The third kappa shape index (κ3) is 3.64. The molecule has 126 valence electrons. The molecule has 2 heterocycles. The number of carbonyl (C=O) groups is 2. The molecule has 0 bridgehead atoms. The van der Waals surface area contributed by atoms with E-state index in [1.54, 1.807) is 17.4 Å². The number of aromatic nitrogens is 2.